The number of carbonyl (C=O) groups excluding carboxylic acids is 2. The molecule has 1 saturated heterocycles. The summed E-state index contributed by atoms with van der Waals surface area (Å²) in [6.45, 7) is 11.6. The molecule has 0 radical (unpaired) electrons. The van der Waals surface area contributed by atoms with Gasteiger partial charge in [0.25, 0.3) is 17.7 Å². The number of aliphatic hydroxyl groups is 2. The van der Waals surface area contributed by atoms with Gasteiger partial charge >= 0.3 is 5.97 Å². The number of amides is 1. The van der Waals surface area contributed by atoms with E-state index in [1.807, 2.05) is 72.8 Å². The second-order valence-electron chi connectivity index (χ2n) is 17.6. The van der Waals surface area contributed by atoms with Crippen molar-refractivity contribution in [3.05, 3.63) is 156 Å². The van der Waals surface area contributed by atoms with Gasteiger partial charge in [-0.1, -0.05) is 66.3 Å². The van der Waals surface area contributed by atoms with Crippen molar-refractivity contribution in [2.24, 2.45) is 10.7 Å². The lowest BCUT2D eigenvalue weighted by molar-refractivity contribution is 0.0417. The van der Waals surface area contributed by atoms with Crippen molar-refractivity contribution in [2.75, 3.05) is 33.3 Å². The van der Waals surface area contributed by atoms with Gasteiger partial charge in [0.1, 0.15) is 22.6 Å². The van der Waals surface area contributed by atoms with Gasteiger partial charge in [-0.25, -0.2) is 24.7 Å². The molecule has 6 aromatic heterocycles. The summed E-state index contributed by atoms with van der Waals surface area (Å²) >= 11 is 0. The summed E-state index contributed by atoms with van der Waals surface area (Å²) in [7, 11) is 1.31. The van der Waals surface area contributed by atoms with Crippen LogP contribution >= 0.6 is 0 Å². The lowest BCUT2D eigenvalue weighted by Crippen LogP contribution is -2.49. The summed E-state index contributed by atoms with van der Waals surface area (Å²) in [5.41, 5.74) is 8.59. The molecule has 1 amide bonds. The molecule has 22 heteroatoms. The maximum Gasteiger partial charge on any atom is 0.341 e. The second-order valence-corrected chi connectivity index (χ2v) is 17.6. The minimum atomic E-state index is -1.22. The van der Waals surface area contributed by atoms with Crippen molar-refractivity contribution < 1.29 is 33.6 Å². The van der Waals surface area contributed by atoms with Crippen LogP contribution in [0.4, 0.5) is 0 Å². The number of hydrogen-bond acceptors (Lipinski definition) is 21. The molecule has 2 aliphatic heterocycles. The van der Waals surface area contributed by atoms with Gasteiger partial charge in [0.15, 0.2) is 17.6 Å². The Labute approximate surface area is 434 Å². The van der Waals surface area contributed by atoms with Gasteiger partial charge in [-0.15, -0.1) is 0 Å². The maximum atomic E-state index is 12.5. The molecule has 0 atom stereocenters. The number of guanidine groups is 1. The Balaban J connectivity index is 0.000000176. The zero-order valence-electron chi connectivity index (χ0n) is 41.6. The molecule has 2 aromatic carbocycles. The van der Waals surface area contributed by atoms with E-state index >= 15 is 0 Å². The highest BCUT2D eigenvalue weighted by Gasteiger charge is 2.26. The summed E-state index contributed by atoms with van der Waals surface area (Å²) in [5, 5.41) is 33.6. The van der Waals surface area contributed by atoms with Crippen LogP contribution in [0.2, 0.25) is 0 Å². The first-order chi connectivity index (χ1) is 35.7. The van der Waals surface area contributed by atoms with Crippen LogP contribution in [-0.2, 0) is 29.0 Å². The number of esters is 1. The van der Waals surface area contributed by atoms with Gasteiger partial charge in [-0.05, 0) is 88.1 Å². The smallest absolute Gasteiger partial charge is 0.341 e. The number of benzene rings is 2. The largest absolute Gasteiger partial charge is 0.465 e. The Kier molecular flexibility index (Phi) is 19.5. The van der Waals surface area contributed by atoms with E-state index in [1.54, 1.807) is 52.2 Å². The van der Waals surface area contributed by atoms with Gasteiger partial charge in [0.2, 0.25) is 11.6 Å². The molecule has 22 nitrogen and oxygen atoms in total. The van der Waals surface area contributed by atoms with Crippen LogP contribution in [0.3, 0.4) is 0 Å². The third-order valence-corrected chi connectivity index (χ3v) is 10.8. The fourth-order valence-electron chi connectivity index (χ4n) is 6.88. The quantitative estimate of drug-likeness (QED) is 0.0904. The molecular formula is C53H61N15O7. The second kappa shape index (κ2) is 26.3. The molecular weight excluding hydrogens is 959 g/mol. The maximum absolute atomic E-state index is 12.5. The highest BCUT2D eigenvalue weighted by Crippen LogP contribution is 2.24. The summed E-state index contributed by atoms with van der Waals surface area (Å²) in [4.78, 5) is 63.5. The van der Waals surface area contributed by atoms with Crippen molar-refractivity contribution >= 4 is 17.8 Å². The molecule has 8 aromatic rings. The van der Waals surface area contributed by atoms with E-state index in [1.165, 1.54) is 57.8 Å². The summed E-state index contributed by atoms with van der Waals surface area (Å²) in [6.07, 6.45) is 11.6. The fraction of sp³-hybridized carbons (Fsp3) is 0.302. The highest BCUT2D eigenvalue weighted by molar-refractivity contribution is 5.93. The zero-order chi connectivity index (χ0) is 52.5. The number of nitrogens with two attached hydrogens (primary N) is 1. The average molecular weight is 1020 g/mol. The number of rotatable bonds is 11. The Bertz CT molecular complexity index is 3090. The SMILES string of the molecule is C.C1CN=C2NCCCN2C1.CC(C)(O)c1nc(-c2cccc(CN)c2)no1.CC(C)(O)c1nc(-c2cccc(CNC(=O)c3cnc(-c4ccccn4)nc3)c2)no1.COC(=O)c1cnc(-c2ccccn2)nc1. The number of methoxy groups -OCH3 is 1. The van der Waals surface area contributed by atoms with Gasteiger partial charge in [-0.2, -0.15) is 9.97 Å². The van der Waals surface area contributed by atoms with Crippen molar-refractivity contribution in [1.29, 1.82) is 0 Å². The molecule has 390 valence electrons. The minimum absolute atomic E-state index is 0. The van der Waals surface area contributed by atoms with E-state index in [0.29, 0.717) is 64.5 Å². The zero-order valence-corrected chi connectivity index (χ0v) is 41.6. The third-order valence-electron chi connectivity index (χ3n) is 10.8. The predicted molar refractivity (Wildman–Crippen MR) is 279 cm³/mol. The van der Waals surface area contributed by atoms with Crippen LogP contribution in [0.1, 0.15) is 91.6 Å². The number of pyridine rings is 2. The summed E-state index contributed by atoms with van der Waals surface area (Å²) in [6, 6.07) is 25.9. The van der Waals surface area contributed by atoms with E-state index in [4.69, 9.17) is 14.8 Å². The molecule has 6 N–H and O–H groups in total. The van der Waals surface area contributed by atoms with E-state index in [9.17, 15) is 19.8 Å². The Morgan fingerprint density at radius 2 is 1.21 bits per heavy atom. The van der Waals surface area contributed by atoms with Crippen molar-refractivity contribution in [1.82, 2.24) is 65.7 Å². The lowest BCUT2D eigenvalue weighted by Gasteiger charge is -2.33. The number of fused-ring (bicyclic) bond motifs is 1. The van der Waals surface area contributed by atoms with Crippen LogP contribution < -0.4 is 16.4 Å². The van der Waals surface area contributed by atoms with Crippen LogP contribution in [0.15, 0.2) is 136 Å². The number of nitrogens with one attached hydrogen (secondary N) is 2. The van der Waals surface area contributed by atoms with E-state index in [-0.39, 0.29) is 25.1 Å². The number of ether oxygens (including phenoxy) is 1. The number of nitrogens with zero attached hydrogens (tertiary/aromatic N) is 12. The number of aliphatic imine (C=N–C) groups is 1. The predicted octanol–water partition coefficient (Wildman–Crippen LogP) is 6.17. The van der Waals surface area contributed by atoms with Gasteiger partial charge in [0, 0.05) is 87.6 Å². The fourth-order valence-corrected chi connectivity index (χ4v) is 6.88. The number of hydrogen-bond donors (Lipinski definition) is 5. The van der Waals surface area contributed by atoms with Crippen molar-refractivity contribution in [2.45, 2.75) is 72.3 Å². The van der Waals surface area contributed by atoms with Crippen LogP contribution in [-0.4, -0.2) is 116 Å². The Morgan fingerprint density at radius 3 is 1.69 bits per heavy atom. The standard InChI is InChI=1S/C22H20N6O3.C12H15N3O2.C11H9N3O2.C7H13N3.CH4/c1-22(2,30)21-27-18(28-31-21)15-7-5-6-14(10-15)11-26-20(29)16-12-24-19(25-13-16)17-8-3-4-9-23-17;1-12(2,16)11-14-10(15-17-11)9-5-3-4-8(6-9)7-13;1-16-11(15)8-6-13-10(14-7-8)9-4-2-3-5-12-9;1-3-8-7-9-4-2-6-10(7)5-1;/h3-10,12-13,30H,11H2,1-2H3,(H,26,29);3-6,16H,7,13H2,1-2H3;2-7H,1H3;1-6H2,(H,8,9);1H4. The molecule has 2 aliphatic rings. The normalized spacial score (nSPS) is 12.7. The number of carbonyl (C=O) groups is 2. The Morgan fingerprint density at radius 1 is 0.693 bits per heavy atom. The number of aromatic nitrogens is 10. The molecule has 0 spiro atoms. The van der Waals surface area contributed by atoms with Crippen molar-refractivity contribution in [3.8, 4) is 45.8 Å². The van der Waals surface area contributed by atoms with Crippen LogP contribution in [0.25, 0.3) is 45.8 Å². The molecule has 75 heavy (non-hydrogen) atoms. The van der Waals surface area contributed by atoms with E-state index in [2.05, 4.69) is 75.4 Å². The van der Waals surface area contributed by atoms with Gasteiger partial charge in [0.05, 0.1) is 18.2 Å². The first-order valence-electron chi connectivity index (χ1n) is 23.6. The molecule has 1 fully saturated rings. The van der Waals surface area contributed by atoms with E-state index in [0.717, 1.165) is 35.7 Å². The highest BCUT2D eigenvalue weighted by atomic mass is 16.5. The van der Waals surface area contributed by atoms with Gasteiger partial charge in [-0.3, -0.25) is 19.8 Å². The summed E-state index contributed by atoms with van der Waals surface area (Å²) < 4.78 is 14.7. The lowest BCUT2D eigenvalue weighted by atomic mass is 10.1. The van der Waals surface area contributed by atoms with Crippen LogP contribution in [0, 0.1) is 0 Å². The minimum Gasteiger partial charge on any atom is -0.465 e. The molecule has 0 unspecified atom stereocenters. The topological polar surface area (TPSA) is 305 Å². The van der Waals surface area contributed by atoms with E-state index < -0.39 is 17.2 Å². The monoisotopic (exact) mass is 1020 g/mol. The molecule has 8 heterocycles. The molecule has 10 rings (SSSR count). The third kappa shape index (κ3) is 15.9. The first-order valence-corrected chi connectivity index (χ1v) is 23.6. The summed E-state index contributed by atoms with van der Waals surface area (Å²) in [5.74, 6) is 2.48. The van der Waals surface area contributed by atoms with Crippen LogP contribution in [0.5, 0.6) is 0 Å². The van der Waals surface area contributed by atoms with Crippen molar-refractivity contribution in [3.63, 3.8) is 0 Å². The molecule has 0 aliphatic carbocycles. The van der Waals surface area contributed by atoms with Gasteiger partial charge < -0.3 is 45.3 Å². The average Bonchev–Trinajstić information content (AvgIpc) is 4.17. The first kappa shape index (κ1) is 55.6. The molecule has 0 bridgehead atoms. The Hall–Kier alpha value is -8.73. The molecule has 0 saturated carbocycles.